The molecule has 19 heavy (non-hydrogen) atoms. The van der Waals surface area contributed by atoms with Gasteiger partial charge in [0.1, 0.15) is 5.82 Å². The van der Waals surface area contributed by atoms with Crippen LogP contribution in [0.3, 0.4) is 0 Å². The number of aromatic nitrogens is 2. The fourth-order valence-electron chi connectivity index (χ4n) is 3.18. The molecule has 1 aliphatic carbocycles. The summed E-state index contributed by atoms with van der Waals surface area (Å²) in [5.74, 6) is 1.96. The van der Waals surface area contributed by atoms with Gasteiger partial charge in [-0.3, -0.25) is 0 Å². The predicted molar refractivity (Wildman–Crippen MR) is 79.3 cm³/mol. The summed E-state index contributed by atoms with van der Waals surface area (Å²) >= 11 is 0. The van der Waals surface area contributed by atoms with Gasteiger partial charge in [0.2, 0.25) is 0 Å². The SMILES string of the molecule is CCNCc1ccc2nc(C3CCCC3)n(C)c2c1. The zero-order valence-corrected chi connectivity index (χ0v) is 11.9. The molecule has 3 nitrogen and oxygen atoms in total. The van der Waals surface area contributed by atoms with Gasteiger partial charge in [-0.2, -0.15) is 0 Å². The zero-order chi connectivity index (χ0) is 13.2. The molecule has 1 saturated carbocycles. The molecule has 102 valence electrons. The molecule has 3 heteroatoms. The molecule has 0 atom stereocenters. The Kier molecular flexibility index (Phi) is 3.56. The Morgan fingerprint density at radius 2 is 2.11 bits per heavy atom. The van der Waals surface area contributed by atoms with Gasteiger partial charge in [0, 0.05) is 19.5 Å². The highest BCUT2D eigenvalue weighted by molar-refractivity contribution is 5.77. The van der Waals surface area contributed by atoms with Crippen LogP contribution in [-0.4, -0.2) is 16.1 Å². The van der Waals surface area contributed by atoms with E-state index in [0.717, 1.165) is 18.6 Å². The van der Waals surface area contributed by atoms with E-state index in [1.807, 2.05) is 0 Å². The van der Waals surface area contributed by atoms with Crippen LogP contribution >= 0.6 is 0 Å². The van der Waals surface area contributed by atoms with Crippen LogP contribution in [0.2, 0.25) is 0 Å². The molecule has 1 aromatic carbocycles. The molecule has 0 bridgehead atoms. The lowest BCUT2D eigenvalue weighted by atomic mass is 10.1. The molecular weight excluding hydrogens is 234 g/mol. The van der Waals surface area contributed by atoms with E-state index in [4.69, 9.17) is 4.98 Å². The molecule has 0 unspecified atom stereocenters. The summed E-state index contributed by atoms with van der Waals surface area (Å²) in [7, 11) is 2.17. The quantitative estimate of drug-likeness (QED) is 0.910. The minimum Gasteiger partial charge on any atom is -0.331 e. The normalized spacial score (nSPS) is 16.5. The van der Waals surface area contributed by atoms with Gasteiger partial charge >= 0.3 is 0 Å². The Bertz CT molecular complexity index is 565. The van der Waals surface area contributed by atoms with E-state index >= 15 is 0 Å². The molecule has 2 aromatic rings. The van der Waals surface area contributed by atoms with Gasteiger partial charge in [0.25, 0.3) is 0 Å². The second kappa shape index (κ2) is 5.33. The summed E-state index contributed by atoms with van der Waals surface area (Å²) in [6.07, 6.45) is 5.34. The van der Waals surface area contributed by atoms with Gasteiger partial charge in [-0.25, -0.2) is 4.98 Å². The Hall–Kier alpha value is -1.35. The predicted octanol–water partition coefficient (Wildman–Crippen LogP) is 3.34. The third-order valence-electron chi connectivity index (χ3n) is 4.28. The Morgan fingerprint density at radius 1 is 1.32 bits per heavy atom. The van der Waals surface area contributed by atoms with Crippen molar-refractivity contribution in [1.82, 2.24) is 14.9 Å². The fourth-order valence-corrected chi connectivity index (χ4v) is 3.18. The van der Waals surface area contributed by atoms with Crippen LogP contribution in [0.5, 0.6) is 0 Å². The van der Waals surface area contributed by atoms with Crippen molar-refractivity contribution in [2.75, 3.05) is 6.54 Å². The standard InChI is InChI=1S/C16H23N3/c1-3-17-11-12-8-9-14-15(10-12)19(2)16(18-14)13-6-4-5-7-13/h8-10,13,17H,3-7,11H2,1-2H3. The molecule has 0 radical (unpaired) electrons. The lowest BCUT2D eigenvalue weighted by Gasteiger charge is -2.09. The number of benzene rings is 1. The number of rotatable bonds is 4. The van der Waals surface area contributed by atoms with Gasteiger partial charge in [0.15, 0.2) is 0 Å². The smallest absolute Gasteiger partial charge is 0.112 e. The Morgan fingerprint density at radius 3 is 2.84 bits per heavy atom. The first-order valence-corrected chi connectivity index (χ1v) is 7.45. The minimum absolute atomic E-state index is 0.676. The summed E-state index contributed by atoms with van der Waals surface area (Å²) in [4.78, 5) is 4.86. The van der Waals surface area contributed by atoms with E-state index in [9.17, 15) is 0 Å². The highest BCUT2D eigenvalue weighted by atomic mass is 15.1. The molecule has 3 rings (SSSR count). The first-order chi connectivity index (χ1) is 9.29. The maximum Gasteiger partial charge on any atom is 0.112 e. The average Bonchev–Trinajstić information content (AvgIpc) is 3.05. The van der Waals surface area contributed by atoms with E-state index in [2.05, 4.69) is 42.1 Å². The van der Waals surface area contributed by atoms with Crippen molar-refractivity contribution in [3.05, 3.63) is 29.6 Å². The first kappa shape index (κ1) is 12.7. The van der Waals surface area contributed by atoms with E-state index in [1.54, 1.807) is 0 Å². The maximum atomic E-state index is 4.86. The summed E-state index contributed by atoms with van der Waals surface area (Å²) < 4.78 is 2.31. The van der Waals surface area contributed by atoms with Crippen molar-refractivity contribution >= 4 is 11.0 Å². The van der Waals surface area contributed by atoms with Crippen molar-refractivity contribution in [3.63, 3.8) is 0 Å². The van der Waals surface area contributed by atoms with Crippen LogP contribution in [0, 0.1) is 0 Å². The summed E-state index contributed by atoms with van der Waals surface area (Å²) in [6, 6.07) is 6.64. The molecule has 1 aromatic heterocycles. The van der Waals surface area contributed by atoms with Gasteiger partial charge in [-0.15, -0.1) is 0 Å². The second-order valence-corrected chi connectivity index (χ2v) is 5.61. The highest BCUT2D eigenvalue weighted by Crippen LogP contribution is 2.34. The number of imidazole rings is 1. The summed E-state index contributed by atoms with van der Waals surface area (Å²) in [5, 5.41) is 3.38. The number of nitrogens with zero attached hydrogens (tertiary/aromatic N) is 2. The van der Waals surface area contributed by atoms with Crippen LogP contribution in [0.25, 0.3) is 11.0 Å². The zero-order valence-electron chi connectivity index (χ0n) is 11.9. The number of hydrogen-bond donors (Lipinski definition) is 1. The van der Waals surface area contributed by atoms with Crippen LogP contribution in [0.1, 0.15) is 49.9 Å². The van der Waals surface area contributed by atoms with Crippen molar-refractivity contribution in [1.29, 1.82) is 0 Å². The van der Waals surface area contributed by atoms with Crippen molar-refractivity contribution in [2.45, 2.75) is 45.1 Å². The minimum atomic E-state index is 0.676. The van der Waals surface area contributed by atoms with Crippen LogP contribution in [0.4, 0.5) is 0 Å². The number of fused-ring (bicyclic) bond motifs is 1. The van der Waals surface area contributed by atoms with Crippen molar-refractivity contribution < 1.29 is 0 Å². The Balaban J connectivity index is 1.95. The lowest BCUT2D eigenvalue weighted by Crippen LogP contribution is -2.11. The summed E-state index contributed by atoms with van der Waals surface area (Å²) in [5.41, 5.74) is 3.76. The van der Waals surface area contributed by atoms with Gasteiger partial charge in [0.05, 0.1) is 11.0 Å². The van der Waals surface area contributed by atoms with Crippen LogP contribution in [0.15, 0.2) is 18.2 Å². The summed E-state index contributed by atoms with van der Waals surface area (Å²) in [6.45, 7) is 4.09. The molecule has 1 aliphatic rings. The number of nitrogens with one attached hydrogen (secondary N) is 1. The van der Waals surface area contributed by atoms with Gasteiger partial charge in [-0.1, -0.05) is 25.8 Å². The van der Waals surface area contributed by atoms with E-state index in [-0.39, 0.29) is 0 Å². The number of hydrogen-bond acceptors (Lipinski definition) is 2. The third kappa shape index (κ3) is 2.39. The van der Waals surface area contributed by atoms with Gasteiger partial charge in [-0.05, 0) is 37.1 Å². The molecule has 1 fully saturated rings. The molecule has 0 amide bonds. The van der Waals surface area contributed by atoms with Gasteiger partial charge < -0.3 is 9.88 Å². The first-order valence-electron chi connectivity index (χ1n) is 7.45. The molecule has 0 saturated heterocycles. The largest absolute Gasteiger partial charge is 0.331 e. The highest BCUT2D eigenvalue weighted by Gasteiger charge is 2.22. The van der Waals surface area contributed by atoms with Crippen LogP contribution in [-0.2, 0) is 13.6 Å². The second-order valence-electron chi connectivity index (χ2n) is 5.61. The van der Waals surface area contributed by atoms with Crippen LogP contribution < -0.4 is 5.32 Å². The molecule has 1 N–H and O–H groups in total. The maximum absolute atomic E-state index is 4.86. The molecule has 1 heterocycles. The molecular formula is C16H23N3. The monoisotopic (exact) mass is 257 g/mol. The molecule has 0 aliphatic heterocycles. The van der Waals surface area contributed by atoms with E-state index in [1.165, 1.54) is 42.6 Å². The van der Waals surface area contributed by atoms with E-state index < -0.39 is 0 Å². The lowest BCUT2D eigenvalue weighted by molar-refractivity contribution is 0.639. The fraction of sp³-hybridized carbons (Fsp3) is 0.562. The molecule has 0 spiro atoms. The Labute approximate surface area is 115 Å². The van der Waals surface area contributed by atoms with E-state index in [0.29, 0.717) is 5.92 Å². The third-order valence-corrected chi connectivity index (χ3v) is 4.28. The number of aryl methyl sites for hydroxylation is 1. The van der Waals surface area contributed by atoms with Crippen molar-refractivity contribution in [2.24, 2.45) is 7.05 Å². The average molecular weight is 257 g/mol. The van der Waals surface area contributed by atoms with Crippen molar-refractivity contribution in [3.8, 4) is 0 Å². The topological polar surface area (TPSA) is 29.9 Å².